The molecule has 2 aromatic carbocycles. The molecule has 0 atom stereocenters. The summed E-state index contributed by atoms with van der Waals surface area (Å²) >= 11 is 10.4. The molecular weight excluding hydrogens is 545 g/mol. The molecule has 1 aromatic heterocycles. The van der Waals surface area contributed by atoms with E-state index in [1.54, 1.807) is 60.3 Å². The number of anilines is 2. The molecule has 0 aliphatic rings. The Balaban J connectivity index is 0.00000324. The normalized spacial score (nSPS) is 9.11. The van der Waals surface area contributed by atoms with E-state index in [9.17, 15) is 20.4 Å². The monoisotopic (exact) mass is 559 g/mol. The van der Waals surface area contributed by atoms with Crippen LogP contribution in [0.25, 0.3) is 10.8 Å². The van der Waals surface area contributed by atoms with E-state index in [1.165, 1.54) is 18.2 Å². The number of carbonyl (C=O) groups excluding carboxylic acids is 2. The van der Waals surface area contributed by atoms with Crippen molar-refractivity contribution in [3.63, 3.8) is 0 Å². The number of pyridine rings is 1. The molecule has 0 saturated carbocycles. The molecule has 0 unspecified atom stereocenters. The smallest absolute Gasteiger partial charge is 0.763 e. The quantitative estimate of drug-likeness (QED) is 0.115. The van der Waals surface area contributed by atoms with Gasteiger partial charge in [-0.25, -0.2) is 4.98 Å². The summed E-state index contributed by atoms with van der Waals surface area (Å²) in [6.07, 6.45) is 0. The summed E-state index contributed by atoms with van der Waals surface area (Å²) < 4.78 is 0. The van der Waals surface area contributed by atoms with Crippen molar-refractivity contribution in [2.75, 3.05) is 10.6 Å². The van der Waals surface area contributed by atoms with Gasteiger partial charge >= 0.3 is 103 Å². The first-order valence-corrected chi connectivity index (χ1v) is 10.6. The van der Waals surface area contributed by atoms with E-state index < -0.39 is 11.6 Å². The molecule has 0 fully saturated rings. The number of nitrogens with zero attached hydrogens (tertiary/aromatic N) is 3. The molecule has 166 valence electrons. The molecule has 2 N–H and O–H groups in total. The first kappa shape index (κ1) is 32.9. The Bertz CT molecular complexity index is 1280. The van der Waals surface area contributed by atoms with Crippen LogP contribution < -0.4 is 113 Å². The van der Waals surface area contributed by atoms with Crippen molar-refractivity contribution in [2.45, 2.75) is 0 Å². The maximum absolute atomic E-state index is 12.9. The number of para-hydroxylation sites is 2. The topological polar surface area (TPSA) is 116 Å². The summed E-state index contributed by atoms with van der Waals surface area (Å²) in [5.41, 5.74) is 0.219. The molecule has 0 aliphatic heterocycles. The molecule has 11 heteroatoms. The predicted octanol–water partition coefficient (Wildman–Crippen LogP) is -1.33. The first-order valence-electron chi connectivity index (χ1n) is 9.78. The Hall–Kier alpha value is -1.12. The van der Waals surface area contributed by atoms with Crippen LogP contribution in [-0.2, 0) is 0 Å². The predicted molar refractivity (Wildman–Crippen MR) is 142 cm³/mol. The summed E-state index contributed by atoms with van der Waals surface area (Å²) in [6.45, 7) is 0. The van der Waals surface area contributed by atoms with E-state index in [1.807, 2.05) is 12.1 Å². The molecule has 0 saturated heterocycles. The van der Waals surface area contributed by atoms with Gasteiger partial charge in [0.1, 0.15) is 21.4 Å². The number of rotatable bonds is 8. The molecule has 0 bridgehead atoms. The minimum atomic E-state index is -0.755. The fourth-order valence-corrected chi connectivity index (χ4v) is 3.30. The second-order valence-corrected chi connectivity index (χ2v) is 7.50. The SMILES string of the molecule is [K+].[K+].[N-]=C=C(C(=O)c1cccc(C(=O)C(=C=[N-])C(=S)Nc2ccccc2)n1)C(=S)Nc1ccccc1. The van der Waals surface area contributed by atoms with Crippen molar-refractivity contribution in [3.05, 3.63) is 112 Å². The Morgan fingerprint density at radius 2 is 1.00 bits per heavy atom. The molecule has 0 amide bonds. The van der Waals surface area contributed by atoms with Crippen LogP contribution in [0.2, 0.25) is 0 Å². The fourth-order valence-electron chi connectivity index (χ4n) is 2.78. The summed E-state index contributed by atoms with van der Waals surface area (Å²) in [5.74, 6) is 2.09. The van der Waals surface area contributed by atoms with Gasteiger partial charge in [0.2, 0.25) is 11.6 Å². The van der Waals surface area contributed by atoms with E-state index >= 15 is 0 Å². The maximum atomic E-state index is 12.9. The van der Waals surface area contributed by atoms with Crippen molar-refractivity contribution in [1.29, 1.82) is 0 Å². The van der Waals surface area contributed by atoms with Crippen molar-refractivity contribution in [2.24, 2.45) is 0 Å². The largest absolute Gasteiger partial charge is 1.00 e. The number of Topliss-reactive ketones (excluding diaryl/α,β-unsaturated/α-hetero) is 2. The van der Waals surface area contributed by atoms with Crippen LogP contribution in [0.3, 0.4) is 0 Å². The zero-order valence-electron chi connectivity index (χ0n) is 19.5. The number of nitrogens with one attached hydrogen (secondary N) is 2. The summed E-state index contributed by atoms with van der Waals surface area (Å²) in [4.78, 5) is 29.8. The molecule has 1 heterocycles. The molecule has 0 aliphatic carbocycles. The third-order valence-electron chi connectivity index (χ3n) is 4.41. The minimum absolute atomic E-state index is 0. The van der Waals surface area contributed by atoms with Crippen molar-refractivity contribution in [1.82, 2.24) is 4.98 Å². The standard InChI is InChI=1S/C25H15N5O2S2.2K/c26-14-18(24(33)28-16-8-3-1-4-9-16)22(31)20-12-7-13-21(30-20)23(32)19(15-27)25(34)29-17-10-5-2-6-11-17;;/h1-13H,(H,28,33)(H,29,34);;/q-2;2*+1. The van der Waals surface area contributed by atoms with Crippen LogP contribution in [0.5, 0.6) is 0 Å². The molecule has 3 aromatic rings. The number of hydrogen-bond acceptors (Lipinski definition) is 5. The summed E-state index contributed by atoms with van der Waals surface area (Å²) in [5, 5.41) is 24.7. The van der Waals surface area contributed by atoms with E-state index in [4.69, 9.17) is 24.4 Å². The van der Waals surface area contributed by atoms with Crippen molar-refractivity contribution < 1.29 is 112 Å². The van der Waals surface area contributed by atoms with Crippen molar-refractivity contribution >= 4 is 69.1 Å². The molecule has 0 radical (unpaired) electrons. The second kappa shape index (κ2) is 16.7. The Labute approximate surface area is 304 Å². The average Bonchev–Trinajstić information content (AvgIpc) is 2.86. The minimum Gasteiger partial charge on any atom is -0.763 e. The molecule has 3 rings (SSSR count). The van der Waals surface area contributed by atoms with Crippen LogP contribution in [-0.4, -0.2) is 38.3 Å². The fraction of sp³-hybridized carbons (Fsp3) is 0. The molecule has 36 heavy (non-hydrogen) atoms. The van der Waals surface area contributed by atoms with Gasteiger partial charge in [0.15, 0.2) is 0 Å². The second-order valence-electron chi connectivity index (χ2n) is 6.68. The van der Waals surface area contributed by atoms with Gasteiger partial charge in [-0.2, -0.15) is 0 Å². The van der Waals surface area contributed by atoms with Crippen LogP contribution in [0, 0.1) is 0 Å². The number of carbonyl (C=O) groups is 2. The molecular formula is C25H15K2N5O2S2. The summed E-state index contributed by atoms with van der Waals surface area (Å²) in [6, 6.07) is 21.8. The molecule has 7 nitrogen and oxygen atoms in total. The summed E-state index contributed by atoms with van der Waals surface area (Å²) in [7, 11) is 0. The number of hydrogen-bond donors (Lipinski definition) is 2. The van der Waals surface area contributed by atoms with E-state index in [-0.39, 0.29) is 135 Å². The van der Waals surface area contributed by atoms with Gasteiger partial charge in [0.05, 0.1) is 11.1 Å². The van der Waals surface area contributed by atoms with E-state index in [2.05, 4.69) is 15.6 Å². The van der Waals surface area contributed by atoms with Gasteiger partial charge in [0, 0.05) is 11.4 Å². The number of thiocarbonyl (C=S) groups is 2. The van der Waals surface area contributed by atoms with Gasteiger partial charge in [-0.3, -0.25) is 21.3 Å². The zero-order chi connectivity index (χ0) is 24.5. The van der Waals surface area contributed by atoms with Crippen LogP contribution in [0.1, 0.15) is 21.0 Å². The van der Waals surface area contributed by atoms with Gasteiger partial charge < -0.3 is 21.5 Å². The number of ketones is 2. The van der Waals surface area contributed by atoms with Gasteiger partial charge in [-0.05, 0) is 36.4 Å². The van der Waals surface area contributed by atoms with Crippen LogP contribution >= 0.6 is 24.4 Å². The first-order chi connectivity index (χ1) is 16.4. The third kappa shape index (κ3) is 9.02. The molecule has 0 spiro atoms. The van der Waals surface area contributed by atoms with E-state index in [0.29, 0.717) is 11.4 Å². The Morgan fingerprint density at radius 3 is 1.33 bits per heavy atom. The van der Waals surface area contributed by atoms with Gasteiger partial charge in [0.25, 0.3) is 0 Å². The van der Waals surface area contributed by atoms with Gasteiger partial charge in [-0.1, -0.05) is 66.9 Å². The van der Waals surface area contributed by atoms with Crippen LogP contribution in [0.15, 0.2) is 90.0 Å². The zero-order valence-corrected chi connectivity index (χ0v) is 27.4. The van der Waals surface area contributed by atoms with E-state index in [0.717, 1.165) is 0 Å². The Kier molecular flexibility index (Phi) is 15.2. The Morgan fingerprint density at radius 1 is 0.639 bits per heavy atom. The number of aromatic nitrogens is 1. The maximum Gasteiger partial charge on any atom is 1.00 e. The third-order valence-corrected chi connectivity index (χ3v) is 5.02. The number of benzene rings is 2. The average molecular weight is 560 g/mol. The van der Waals surface area contributed by atoms with Gasteiger partial charge in [-0.15, -0.1) is 0 Å². The van der Waals surface area contributed by atoms with Crippen molar-refractivity contribution in [3.8, 4) is 0 Å². The van der Waals surface area contributed by atoms with Crippen LogP contribution in [0.4, 0.5) is 11.4 Å².